The number of fused-ring (bicyclic) bond motifs is 2. The summed E-state index contributed by atoms with van der Waals surface area (Å²) in [5.41, 5.74) is 6.99. The molecule has 2 atom stereocenters. The van der Waals surface area contributed by atoms with Crippen LogP contribution in [0.4, 0.5) is 10.1 Å². The van der Waals surface area contributed by atoms with Gasteiger partial charge in [-0.05, 0) is 43.4 Å². The van der Waals surface area contributed by atoms with E-state index in [4.69, 9.17) is 11.1 Å². The van der Waals surface area contributed by atoms with Crippen molar-refractivity contribution in [2.75, 3.05) is 11.4 Å². The molecule has 2 bridgehead atoms. The second kappa shape index (κ2) is 3.72. The number of nitrogens with zero attached hydrogens (tertiary/aromatic N) is 1. The normalized spacial score (nSPS) is 26.5. The van der Waals surface area contributed by atoms with Gasteiger partial charge in [-0.3, -0.25) is 5.41 Å². The Morgan fingerprint density at radius 2 is 2.24 bits per heavy atom. The number of halogens is 1. The maximum absolute atomic E-state index is 13.2. The molecular weight excluding hydrogens is 217 g/mol. The van der Waals surface area contributed by atoms with Gasteiger partial charge < -0.3 is 10.6 Å². The summed E-state index contributed by atoms with van der Waals surface area (Å²) < 4.78 is 13.2. The van der Waals surface area contributed by atoms with Crippen molar-refractivity contribution in [1.82, 2.24) is 0 Å². The van der Waals surface area contributed by atoms with Crippen molar-refractivity contribution in [1.29, 1.82) is 5.41 Å². The van der Waals surface area contributed by atoms with Crippen molar-refractivity contribution in [3.8, 4) is 0 Å². The Morgan fingerprint density at radius 3 is 2.82 bits per heavy atom. The predicted molar refractivity (Wildman–Crippen MR) is 65.9 cm³/mol. The second-order valence-corrected chi connectivity index (χ2v) is 5.06. The number of hydrogen-bond acceptors (Lipinski definition) is 2. The minimum absolute atomic E-state index is 0.0535. The van der Waals surface area contributed by atoms with Crippen molar-refractivity contribution in [3.63, 3.8) is 0 Å². The highest BCUT2D eigenvalue weighted by Gasteiger charge is 2.38. The number of amidine groups is 1. The highest BCUT2D eigenvalue weighted by molar-refractivity contribution is 6.00. The smallest absolute Gasteiger partial charge is 0.125 e. The standard InChI is InChI=1S/C13H16FN3/c14-9-2-4-12(11(6-9)13(15)16)17-7-8-1-3-10(17)5-8/h2,4,6,8,10H,1,3,5,7H2,(H3,15,16). The zero-order valence-electron chi connectivity index (χ0n) is 9.62. The molecule has 2 fully saturated rings. The zero-order chi connectivity index (χ0) is 12.0. The van der Waals surface area contributed by atoms with E-state index in [1.807, 2.05) is 0 Å². The monoisotopic (exact) mass is 233 g/mol. The lowest BCUT2D eigenvalue weighted by molar-refractivity contribution is 0.553. The fourth-order valence-electron chi connectivity index (χ4n) is 3.19. The largest absolute Gasteiger partial charge is 0.384 e. The van der Waals surface area contributed by atoms with E-state index in [9.17, 15) is 4.39 Å². The average Bonchev–Trinajstić information content (AvgIpc) is 2.90. The first-order valence-electron chi connectivity index (χ1n) is 6.05. The fourth-order valence-corrected chi connectivity index (χ4v) is 3.19. The number of nitrogen functional groups attached to an aromatic ring is 1. The van der Waals surface area contributed by atoms with Crippen LogP contribution >= 0.6 is 0 Å². The third-order valence-electron chi connectivity index (χ3n) is 3.97. The van der Waals surface area contributed by atoms with E-state index < -0.39 is 0 Å². The summed E-state index contributed by atoms with van der Waals surface area (Å²) in [6, 6.07) is 5.13. The summed E-state index contributed by atoms with van der Waals surface area (Å²) >= 11 is 0. The molecule has 1 saturated heterocycles. The molecule has 4 heteroatoms. The molecule has 17 heavy (non-hydrogen) atoms. The van der Waals surface area contributed by atoms with E-state index in [1.165, 1.54) is 31.4 Å². The summed E-state index contributed by atoms with van der Waals surface area (Å²) in [6.07, 6.45) is 3.74. The van der Waals surface area contributed by atoms with Crippen molar-refractivity contribution >= 4 is 11.5 Å². The molecule has 0 radical (unpaired) electrons. The third kappa shape index (κ3) is 1.68. The second-order valence-electron chi connectivity index (χ2n) is 5.06. The SMILES string of the molecule is N=C(N)c1cc(F)ccc1N1CC2CCC1C2. The van der Waals surface area contributed by atoms with E-state index in [0.29, 0.717) is 11.6 Å². The van der Waals surface area contributed by atoms with Gasteiger partial charge in [0.15, 0.2) is 0 Å². The molecule has 3 rings (SSSR count). The Hall–Kier alpha value is -1.58. The summed E-state index contributed by atoms with van der Waals surface area (Å²) in [5.74, 6) is 0.385. The molecular formula is C13H16FN3. The van der Waals surface area contributed by atoms with Crippen LogP contribution in [0.5, 0.6) is 0 Å². The Bertz CT molecular complexity index is 472. The molecule has 0 spiro atoms. The molecule has 1 saturated carbocycles. The highest BCUT2D eigenvalue weighted by Crippen LogP contribution is 2.41. The first kappa shape index (κ1) is 10.6. The first-order chi connectivity index (χ1) is 8.15. The number of rotatable bonds is 2. The van der Waals surface area contributed by atoms with Gasteiger partial charge in [-0.1, -0.05) is 0 Å². The molecule has 1 heterocycles. The number of nitrogens with one attached hydrogen (secondary N) is 1. The van der Waals surface area contributed by atoms with Crippen molar-refractivity contribution < 1.29 is 4.39 Å². The van der Waals surface area contributed by atoms with Gasteiger partial charge >= 0.3 is 0 Å². The molecule has 0 amide bonds. The number of anilines is 1. The number of benzene rings is 1. The Morgan fingerprint density at radius 1 is 1.41 bits per heavy atom. The van der Waals surface area contributed by atoms with Crippen molar-refractivity contribution in [3.05, 3.63) is 29.6 Å². The fraction of sp³-hybridized carbons (Fsp3) is 0.462. The van der Waals surface area contributed by atoms with E-state index >= 15 is 0 Å². The van der Waals surface area contributed by atoms with Crippen LogP contribution < -0.4 is 10.6 Å². The Balaban J connectivity index is 2.00. The topological polar surface area (TPSA) is 53.1 Å². The van der Waals surface area contributed by atoms with Crippen molar-refractivity contribution in [2.24, 2.45) is 11.7 Å². The summed E-state index contributed by atoms with van der Waals surface area (Å²) in [5, 5.41) is 7.56. The Kier molecular flexibility index (Phi) is 2.31. The minimum Gasteiger partial charge on any atom is -0.384 e. The Labute approximate surface area is 99.9 Å². The molecule has 1 aliphatic heterocycles. The van der Waals surface area contributed by atoms with Gasteiger partial charge in [-0.15, -0.1) is 0 Å². The predicted octanol–water partition coefficient (Wildman–Crippen LogP) is 2.10. The molecule has 1 aliphatic carbocycles. The lowest BCUT2D eigenvalue weighted by Gasteiger charge is -2.30. The molecule has 1 aromatic rings. The van der Waals surface area contributed by atoms with Crippen LogP contribution in [-0.4, -0.2) is 18.4 Å². The highest BCUT2D eigenvalue weighted by atomic mass is 19.1. The third-order valence-corrected chi connectivity index (χ3v) is 3.97. The first-order valence-corrected chi connectivity index (χ1v) is 6.05. The van der Waals surface area contributed by atoms with Crippen LogP contribution in [0.3, 0.4) is 0 Å². The van der Waals surface area contributed by atoms with Gasteiger partial charge in [0, 0.05) is 23.8 Å². The van der Waals surface area contributed by atoms with Crippen LogP contribution in [-0.2, 0) is 0 Å². The van der Waals surface area contributed by atoms with Gasteiger partial charge in [0.1, 0.15) is 11.7 Å². The zero-order valence-corrected chi connectivity index (χ0v) is 9.62. The van der Waals surface area contributed by atoms with Gasteiger partial charge in [0.2, 0.25) is 0 Å². The van der Waals surface area contributed by atoms with Crippen LogP contribution in [0.1, 0.15) is 24.8 Å². The molecule has 1 aromatic carbocycles. The van der Waals surface area contributed by atoms with Gasteiger partial charge in [0.25, 0.3) is 0 Å². The van der Waals surface area contributed by atoms with Gasteiger partial charge in [-0.25, -0.2) is 4.39 Å². The molecule has 2 unspecified atom stereocenters. The van der Waals surface area contributed by atoms with Crippen molar-refractivity contribution in [2.45, 2.75) is 25.3 Å². The van der Waals surface area contributed by atoms with E-state index in [-0.39, 0.29) is 11.7 Å². The van der Waals surface area contributed by atoms with E-state index in [1.54, 1.807) is 6.07 Å². The number of hydrogen-bond donors (Lipinski definition) is 2. The minimum atomic E-state index is -0.330. The maximum atomic E-state index is 13.2. The van der Waals surface area contributed by atoms with E-state index in [0.717, 1.165) is 18.2 Å². The quantitative estimate of drug-likeness (QED) is 0.607. The molecule has 0 aromatic heterocycles. The molecule has 90 valence electrons. The summed E-state index contributed by atoms with van der Waals surface area (Å²) in [4.78, 5) is 2.30. The lowest BCUT2D eigenvalue weighted by atomic mass is 10.1. The van der Waals surface area contributed by atoms with Gasteiger partial charge in [0.05, 0.1) is 0 Å². The molecule has 3 N–H and O–H groups in total. The maximum Gasteiger partial charge on any atom is 0.125 e. The summed E-state index contributed by atoms with van der Waals surface area (Å²) in [7, 11) is 0. The number of piperidine rings is 1. The van der Waals surface area contributed by atoms with Gasteiger partial charge in [-0.2, -0.15) is 0 Å². The van der Waals surface area contributed by atoms with Crippen LogP contribution in [0.2, 0.25) is 0 Å². The van der Waals surface area contributed by atoms with Crippen LogP contribution in [0, 0.1) is 17.1 Å². The molecule has 3 nitrogen and oxygen atoms in total. The number of nitrogens with two attached hydrogens (primary N) is 1. The molecule has 2 aliphatic rings. The van der Waals surface area contributed by atoms with Crippen LogP contribution in [0.15, 0.2) is 18.2 Å². The average molecular weight is 233 g/mol. The van der Waals surface area contributed by atoms with Crippen LogP contribution in [0.25, 0.3) is 0 Å². The van der Waals surface area contributed by atoms with E-state index in [2.05, 4.69) is 4.90 Å². The summed E-state index contributed by atoms with van der Waals surface area (Å²) in [6.45, 7) is 1.02. The lowest BCUT2D eigenvalue weighted by Crippen LogP contribution is -2.33.